The Hall–Kier alpha value is -0.570. The normalized spacial score (nSPS) is 12.6. The molecule has 0 aliphatic rings. The van der Waals surface area contributed by atoms with Crippen molar-refractivity contribution in [3.05, 3.63) is 35.2 Å². The van der Waals surface area contributed by atoms with E-state index >= 15 is 0 Å². The van der Waals surface area contributed by atoms with Crippen LogP contribution in [0.5, 0.6) is 5.75 Å². The van der Waals surface area contributed by atoms with E-state index in [0.29, 0.717) is 12.4 Å². The van der Waals surface area contributed by atoms with E-state index in [1.807, 2.05) is 25.1 Å². The first-order valence-electron chi connectivity index (χ1n) is 4.50. The number of alkyl halides is 1. The SMILES string of the molecule is [CH2]C(CF)c1cc(Br)ccc1OCC. The van der Waals surface area contributed by atoms with Gasteiger partial charge in [-0.05, 0) is 32.0 Å². The van der Waals surface area contributed by atoms with Crippen molar-refractivity contribution in [3.63, 3.8) is 0 Å². The van der Waals surface area contributed by atoms with E-state index in [1.165, 1.54) is 0 Å². The first-order chi connectivity index (χ1) is 6.69. The largest absolute Gasteiger partial charge is 0.494 e. The molecule has 0 spiro atoms. The van der Waals surface area contributed by atoms with Crippen molar-refractivity contribution in [2.24, 2.45) is 0 Å². The lowest BCUT2D eigenvalue weighted by atomic mass is 10.0. The molecule has 0 saturated heterocycles. The predicted octanol–water partition coefficient (Wildman–Crippen LogP) is 3.73. The first-order valence-corrected chi connectivity index (χ1v) is 5.29. The molecule has 0 heterocycles. The van der Waals surface area contributed by atoms with Crippen LogP contribution < -0.4 is 4.74 Å². The van der Waals surface area contributed by atoms with Gasteiger partial charge >= 0.3 is 0 Å². The molecule has 1 atom stereocenters. The van der Waals surface area contributed by atoms with Crippen molar-refractivity contribution in [3.8, 4) is 5.75 Å². The molecule has 14 heavy (non-hydrogen) atoms. The standard InChI is InChI=1S/C11H13BrFO/c1-3-14-11-5-4-9(12)6-10(11)8(2)7-13/h4-6,8H,2-3,7H2,1H3. The van der Waals surface area contributed by atoms with Gasteiger partial charge in [-0.25, -0.2) is 0 Å². The number of halogens is 2. The van der Waals surface area contributed by atoms with Crippen LogP contribution in [0, 0.1) is 6.92 Å². The molecule has 0 bridgehead atoms. The quantitative estimate of drug-likeness (QED) is 0.801. The van der Waals surface area contributed by atoms with Gasteiger partial charge in [0, 0.05) is 16.0 Å². The maximum absolute atomic E-state index is 12.5. The van der Waals surface area contributed by atoms with Crippen LogP contribution in [-0.2, 0) is 0 Å². The van der Waals surface area contributed by atoms with Crippen LogP contribution in [0.3, 0.4) is 0 Å². The van der Waals surface area contributed by atoms with Gasteiger partial charge in [-0.1, -0.05) is 15.9 Å². The number of hydrogen-bond donors (Lipinski definition) is 0. The zero-order chi connectivity index (χ0) is 10.6. The van der Waals surface area contributed by atoms with E-state index in [0.717, 1.165) is 10.0 Å². The average Bonchev–Trinajstić information content (AvgIpc) is 2.20. The van der Waals surface area contributed by atoms with Gasteiger partial charge in [0.2, 0.25) is 0 Å². The molecule has 0 aliphatic heterocycles. The summed E-state index contributed by atoms with van der Waals surface area (Å²) in [5.74, 6) is 0.349. The Labute approximate surface area is 92.4 Å². The molecule has 1 nitrogen and oxygen atoms in total. The lowest BCUT2D eigenvalue weighted by Crippen LogP contribution is -2.01. The average molecular weight is 260 g/mol. The molecule has 0 aromatic heterocycles. The van der Waals surface area contributed by atoms with Crippen LogP contribution >= 0.6 is 15.9 Å². The van der Waals surface area contributed by atoms with Crippen molar-refractivity contribution in [1.29, 1.82) is 0 Å². The summed E-state index contributed by atoms with van der Waals surface area (Å²) < 4.78 is 18.8. The van der Waals surface area contributed by atoms with Gasteiger partial charge in [-0.15, -0.1) is 0 Å². The number of rotatable bonds is 4. The monoisotopic (exact) mass is 259 g/mol. The second-order valence-corrected chi connectivity index (χ2v) is 3.88. The van der Waals surface area contributed by atoms with Crippen LogP contribution in [0.25, 0.3) is 0 Å². The molecule has 77 valence electrons. The molecule has 0 aliphatic carbocycles. The van der Waals surface area contributed by atoms with E-state index < -0.39 is 6.67 Å². The van der Waals surface area contributed by atoms with Gasteiger partial charge in [-0.2, -0.15) is 0 Å². The Morgan fingerprint density at radius 3 is 2.86 bits per heavy atom. The van der Waals surface area contributed by atoms with Crippen molar-refractivity contribution < 1.29 is 9.13 Å². The number of hydrogen-bond acceptors (Lipinski definition) is 1. The second-order valence-electron chi connectivity index (χ2n) is 2.97. The van der Waals surface area contributed by atoms with E-state index in [-0.39, 0.29) is 5.92 Å². The minimum atomic E-state index is -0.476. The third-order valence-electron chi connectivity index (χ3n) is 1.90. The summed E-state index contributed by atoms with van der Waals surface area (Å²) >= 11 is 3.34. The minimum absolute atomic E-state index is 0.367. The first kappa shape index (κ1) is 11.5. The summed E-state index contributed by atoms with van der Waals surface area (Å²) in [6, 6.07) is 5.55. The highest BCUT2D eigenvalue weighted by atomic mass is 79.9. The smallest absolute Gasteiger partial charge is 0.122 e. The van der Waals surface area contributed by atoms with E-state index in [4.69, 9.17) is 4.74 Å². The predicted molar refractivity (Wildman–Crippen MR) is 59.4 cm³/mol. The van der Waals surface area contributed by atoms with E-state index in [2.05, 4.69) is 22.9 Å². The molecular formula is C11H13BrFO. The van der Waals surface area contributed by atoms with Gasteiger partial charge < -0.3 is 4.74 Å². The molecule has 0 saturated carbocycles. The summed E-state index contributed by atoms with van der Waals surface area (Å²) in [6.07, 6.45) is 0. The summed E-state index contributed by atoms with van der Waals surface area (Å²) in [4.78, 5) is 0. The molecule has 1 rings (SSSR count). The topological polar surface area (TPSA) is 9.23 Å². The Bertz CT molecular complexity index is 301. The number of ether oxygens (including phenoxy) is 1. The molecule has 0 N–H and O–H groups in total. The van der Waals surface area contributed by atoms with Gasteiger partial charge in [-0.3, -0.25) is 4.39 Å². The van der Waals surface area contributed by atoms with Crippen LogP contribution in [0.2, 0.25) is 0 Å². The maximum atomic E-state index is 12.5. The van der Waals surface area contributed by atoms with Crippen molar-refractivity contribution in [2.75, 3.05) is 13.3 Å². The fourth-order valence-electron chi connectivity index (χ4n) is 1.21. The summed E-state index contributed by atoms with van der Waals surface area (Å²) in [6.45, 7) is 5.74. The summed E-state index contributed by atoms with van der Waals surface area (Å²) in [5, 5.41) is 0. The Morgan fingerprint density at radius 1 is 1.57 bits per heavy atom. The van der Waals surface area contributed by atoms with Gasteiger partial charge in [0.15, 0.2) is 0 Å². The second kappa shape index (κ2) is 5.35. The zero-order valence-corrected chi connectivity index (χ0v) is 9.68. The molecule has 1 aromatic carbocycles. The summed E-state index contributed by atoms with van der Waals surface area (Å²) in [7, 11) is 0. The minimum Gasteiger partial charge on any atom is -0.494 e. The van der Waals surface area contributed by atoms with Gasteiger partial charge in [0.1, 0.15) is 5.75 Å². The van der Waals surface area contributed by atoms with Crippen molar-refractivity contribution >= 4 is 15.9 Å². The highest BCUT2D eigenvalue weighted by Crippen LogP contribution is 2.29. The molecule has 1 unspecified atom stereocenters. The fourth-order valence-corrected chi connectivity index (χ4v) is 1.59. The molecular weight excluding hydrogens is 247 g/mol. The van der Waals surface area contributed by atoms with Crippen molar-refractivity contribution in [2.45, 2.75) is 12.8 Å². The van der Waals surface area contributed by atoms with E-state index in [1.54, 1.807) is 0 Å². The molecule has 3 heteroatoms. The van der Waals surface area contributed by atoms with Crippen LogP contribution in [0.15, 0.2) is 22.7 Å². The van der Waals surface area contributed by atoms with Crippen LogP contribution in [0.4, 0.5) is 4.39 Å². The zero-order valence-electron chi connectivity index (χ0n) is 8.09. The van der Waals surface area contributed by atoms with Crippen LogP contribution in [0.1, 0.15) is 18.4 Å². The molecule has 0 amide bonds. The van der Waals surface area contributed by atoms with Crippen LogP contribution in [-0.4, -0.2) is 13.3 Å². The molecule has 1 aromatic rings. The Balaban J connectivity index is 3.02. The van der Waals surface area contributed by atoms with Gasteiger partial charge in [0.25, 0.3) is 0 Å². The fraction of sp³-hybridized carbons (Fsp3) is 0.364. The molecule has 1 radical (unpaired) electrons. The Morgan fingerprint density at radius 2 is 2.29 bits per heavy atom. The highest BCUT2D eigenvalue weighted by molar-refractivity contribution is 9.10. The third-order valence-corrected chi connectivity index (χ3v) is 2.39. The van der Waals surface area contributed by atoms with Crippen molar-refractivity contribution in [1.82, 2.24) is 0 Å². The molecule has 0 fully saturated rings. The third kappa shape index (κ3) is 2.71. The number of benzene rings is 1. The Kier molecular flexibility index (Phi) is 4.39. The summed E-state index contributed by atoms with van der Waals surface area (Å²) in [5.41, 5.74) is 0.809. The lowest BCUT2D eigenvalue weighted by molar-refractivity contribution is 0.332. The lowest BCUT2D eigenvalue weighted by Gasteiger charge is -2.14. The highest BCUT2D eigenvalue weighted by Gasteiger charge is 2.11. The maximum Gasteiger partial charge on any atom is 0.122 e. The van der Waals surface area contributed by atoms with E-state index in [9.17, 15) is 4.39 Å². The van der Waals surface area contributed by atoms with Gasteiger partial charge in [0.05, 0.1) is 13.3 Å².